The number of nitrogens with zero attached hydrogens (tertiary/aromatic N) is 2. The highest BCUT2D eigenvalue weighted by atomic mass is 16.6. The molecule has 4 rings (SSSR count). The van der Waals surface area contributed by atoms with E-state index in [4.69, 9.17) is 4.74 Å². The molecule has 3 aromatic rings. The Bertz CT molecular complexity index is 1220. The lowest BCUT2D eigenvalue weighted by molar-refractivity contribution is -0.116. The molecular formula is C21H20N4O4. The Balaban J connectivity index is 1.71. The molecule has 4 heterocycles. The maximum Gasteiger partial charge on any atom is 0.419 e. The molecular weight excluding hydrogens is 372 g/mol. The van der Waals surface area contributed by atoms with Crippen molar-refractivity contribution >= 4 is 23.0 Å². The van der Waals surface area contributed by atoms with Crippen LogP contribution in [0.2, 0.25) is 0 Å². The number of allylic oxidation sites excluding steroid dienone is 1. The maximum atomic E-state index is 12.8. The maximum absolute atomic E-state index is 12.8. The van der Waals surface area contributed by atoms with Gasteiger partial charge in [-0.2, -0.15) is 0 Å². The Morgan fingerprint density at radius 1 is 1.17 bits per heavy atom. The van der Waals surface area contributed by atoms with Gasteiger partial charge in [-0.05, 0) is 30.2 Å². The molecule has 148 valence electrons. The summed E-state index contributed by atoms with van der Waals surface area (Å²) in [6.07, 6.45) is 4.36. The SMILES string of the molecule is CC(C)C(/C=C1\OC(=O)NC1=O)c1ccc(-c2cnc3c(ccn3C)c2)[nH]c1=O. The van der Waals surface area contributed by atoms with Gasteiger partial charge < -0.3 is 14.3 Å². The average molecular weight is 392 g/mol. The van der Waals surface area contributed by atoms with Crippen LogP contribution >= 0.6 is 0 Å². The van der Waals surface area contributed by atoms with Gasteiger partial charge in [-0.15, -0.1) is 0 Å². The molecule has 0 aromatic carbocycles. The van der Waals surface area contributed by atoms with Crippen molar-refractivity contribution < 1.29 is 14.3 Å². The summed E-state index contributed by atoms with van der Waals surface area (Å²) >= 11 is 0. The fraction of sp³-hybridized carbons (Fsp3) is 0.238. The number of imide groups is 1. The third-order valence-corrected chi connectivity index (χ3v) is 5.01. The van der Waals surface area contributed by atoms with Gasteiger partial charge in [0.05, 0.1) is 0 Å². The van der Waals surface area contributed by atoms with Gasteiger partial charge in [0.2, 0.25) is 0 Å². The second kappa shape index (κ2) is 7.05. The molecule has 8 nitrogen and oxygen atoms in total. The number of carbonyl (C=O) groups is 2. The molecule has 29 heavy (non-hydrogen) atoms. The summed E-state index contributed by atoms with van der Waals surface area (Å²) in [5, 5.41) is 3.04. The number of cyclic esters (lactones) is 1. The standard InChI is InChI=1S/C21H20N4O4/c1-11(2)15(9-17-20(27)24-21(28)29-17)14-4-5-16(23-19(14)26)13-8-12-6-7-25(3)18(12)22-10-13/h4-11,15H,1-3H3,(H,23,26)(H,24,27,28)/b17-9-. The van der Waals surface area contributed by atoms with Crippen LogP contribution in [0, 0.1) is 5.92 Å². The smallest absolute Gasteiger partial charge is 0.404 e. The zero-order valence-corrected chi connectivity index (χ0v) is 16.2. The number of hydrogen-bond acceptors (Lipinski definition) is 5. The second-order valence-electron chi connectivity index (χ2n) is 7.36. The van der Waals surface area contributed by atoms with Crippen molar-refractivity contribution in [3.63, 3.8) is 0 Å². The number of aryl methyl sites for hydroxylation is 1. The van der Waals surface area contributed by atoms with E-state index in [2.05, 4.69) is 15.3 Å². The summed E-state index contributed by atoms with van der Waals surface area (Å²) in [5.74, 6) is -1.08. The first-order chi connectivity index (χ1) is 13.8. The fourth-order valence-corrected chi connectivity index (χ4v) is 3.46. The van der Waals surface area contributed by atoms with Crippen LogP contribution < -0.4 is 10.9 Å². The van der Waals surface area contributed by atoms with Gasteiger partial charge in [-0.1, -0.05) is 19.9 Å². The summed E-state index contributed by atoms with van der Waals surface area (Å²) in [6, 6.07) is 7.49. The van der Waals surface area contributed by atoms with Crippen molar-refractivity contribution in [2.24, 2.45) is 13.0 Å². The Morgan fingerprint density at radius 3 is 2.62 bits per heavy atom. The molecule has 0 bridgehead atoms. The van der Waals surface area contributed by atoms with E-state index >= 15 is 0 Å². The number of pyridine rings is 2. The van der Waals surface area contributed by atoms with E-state index in [0.717, 1.165) is 16.6 Å². The molecule has 1 aliphatic heterocycles. The van der Waals surface area contributed by atoms with Gasteiger partial charge in [0.25, 0.3) is 11.5 Å². The zero-order chi connectivity index (χ0) is 20.7. The average Bonchev–Trinajstić information content (AvgIpc) is 3.20. The number of ether oxygens (including phenoxy) is 1. The van der Waals surface area contributed by atoms with Crippen molar-refractivity contribution in [3.05, 3.63) is 64.4 Å². The van der Waals surface area contributed by atoms with Crippen LogP contribution in [0.25, 0.3) is 22.3 Å². The first kappa shape index (κ1) is 18.7. The number of nitrogens with one attached hydrogen (secondary N) is 2. The van der Waals surface area contributed by atoms with Gasteiger partial charge in [0, 0.05) is 47.6 Å². The molecule has 2 N–H and O–H groups in total. The molecule has 3 aromatic heterocycles. The number of alkyl carbamates (subject to hydrolysis) is 1. The topological polar surface area (TPSA) is 106 Å². The molecule has 1 aliphatic rings. The van der Waals surface area contributed by atoms with Crippen molar-refractivity contribution in [1.82, 2.24) is 19.9 Å². The van der Waals surface area contributed by atoms with Gasteiger partial charge >= 0.3 is 6.09 Å². The van der Waals surface area contributed by atoms with E-state index in [1.54, 1.807) is 12.3 Å². The third-order valence-electron chi connectivity index (χ3n) is 5.01. The van der Waals surface area contributed by atoms with Crippen LogP contribution in [0.3, 0.4) is 0 Å². The van der Waals surface area contributed by atoms with Crippen LogP contribution in [0.4, 0.5) is 4.79 Å². The minimum Gasteiger partial charge on any atom is -0.404 e. The number of rotatable bonds is 4. The number of carbonyl (C=O) groups excluding carboxylic acids is 2. The predicted octanol–water partition coefficient (Wildman–Crippen LogP) is 2.82. The monoisotopic (exact) mass is 392 g/mol. The Hall–Kier alpha value is -3.68. The summed E-state index contributed by atoms with van der Waals surface area (Å²) in [7, 11) is 1.92. The van der Waals surface area contributed by atoms with Crippen LogP contribution in [0.5, 0.6) is 0 Å². The Labute approximate surface area is 166 Å². The molecule has 0 spiro atoms. The Kier molecular flexibility index (Phi) is 4.54. The molecule has 8 heteroatoms. The van der Waals surface area contributed by atoms with Gasteiger partial charge in [-0.25, -0.2) is 9.78 Å². The van der Waals surface area contributed by atoms with Crippen LogP contribution in [-0.2, 0) is 16.6 Å². The number of aromatic amines is 1. The van der Waals surface area contributed by atoms with Crippen molar-refractivity contribution in [2.45, 2.75) is 19.8 Å². The molecule has 0 radical (unpaired) electrons. The second-order valence-corrected chi connectivity index (χ2v) is 7.36. The van der Waals surface area contributed by atoms with Crippen LogP contribution in [0.15, 0.2) is 53.3 Å². The molecule has 1 saturated heterocycles. The number of fused-ring (bicyclic) bond motifs is 1. The van der Waals surface area contributed by atoms with Gasteiger partial charge in [0.1, 0.15) is 5.65 Å². The molecule has 0 saturated carbocycles. The lowest BCUT2D eigenvalue weighted by Crippen LogP contribution is -2.21. The van der Waals surface area contributed by atoms with E-state index in [0.29, 0.717) is 11.3 Å². The zero-order valence-electron chi connectivity index (χ0n) is 16.2. The number of hydrogen-bond donors (Lipinski definition) is 2. The van der Waals surface area contributed by atoms with E-state index < -0.39 is 17.9 Å². The van der Waals surface area contributed by atoms with Crippen LogP contribution in [0.1, 0.15) is 25.3 Å². The predicted molar refractivity (Wildman–Crippen MR) is 107 cm³/mol. The molecule has 2 amide bonds. The molecule has 0 aliphatic carbocycles. The lowest BCUT2D eigenvalue weighted by atomic mass is 9.88. The normalized spacial score (nSPS) is 16.5. The van der Waals surface area contributed by atoms with Gasteiger partial charge in [-0.3, -0.25) is 14.9 Å². The Morgan fingerprint density at radius 2 is 1.97 bits per heavy atom. The van der Waals surface area contributed by atoms with E-state index in [-0.39, 0.29) is 17.2 Å². The van der Waals surface area contributed by atoms with E-state index in [1.807, 2.05) is 49.9 Å². The van der Waals surface area contributed by atoms with Crippen molar-refractivity contribution in [2.75, 3.05) is 0 Å². The lowest BCUT2D eigenvalue weighted by Gasteiger charge is -2.17. The molecule has 1 unspecified atom stereocenters. The number of amides is 2. The quantitative estimate of drug-likeness (QED) is 0.664. The molecule has 1 fully saturated rings. The minimum atomic E-state index is -0.809. The fourth-order valence-electron chi connectivity index (χ4n) is 3.46. The first-order valence-corrected chi connectivity index (χ1v) is 9.23. The van der Waals surface area contributed by atoms with Crippen molar-refractivity contribution in [3.8, 4) is 11.3 Å². The first-order valence-electron chi connectivity index (χ1n) is 9.23. The van der Waals surface area contributed by atoms with E-state index in [1.165, 1.54) is 6.08 Å². The van der Waals surface area contributed by atoms with E-state index in [9.17, 15) is 14.4 Å². The van der Waals surface area contributed by atoms with Gasteiger partial charge in [0.15, 0.2) is 5.76 Å². The van der Waals surface area contributed by atoms with Crippen molar-refractivity contribution in [1.29, 1.82) is 0 Å². The van der Waals surface area contributed by atoms with Crippen LogP contribution in [-0.4, -0.2) is 26.5 Å². The number of aromatic nitrogens is 3. The summed E-state index contributed by atoms with van der Waals surface area (Å²) in [6.45, 7) is 3.86. The highest BCUT2D eigenvalue weighted by molar-refractivity contribution is 6.07. The summed E-state index contributed by atoms with van der Waals surface area (Å²) in [5.41, 5.74) is 2.54. The summed E-state index contributed by atoms with van der Waals surface area (Å²) < 4.78 is 6.82. The third kappa shape index (κ3) is 3.44. The molecule has 1 atom stereocenters. The minimum absolute atomic E-state index is 0.00360. The highest BCUT2D eigenvalue weighted by Crippen LogP contribution is 2.28. The highest BCUT2D eigenvalue weighted by Gasteiger charge is 2.29. The number of H-pyrrole nitrogens is 1. The summed E-state index contributed by atoms with van der Waals surface area (Å²) in [4.78, 5) is 43.2. The largest absolute Gasteiger partial charge is 0.419 e.